The minimum absolute atomic E-state index is 0.272. The molecule has 0 saturated carbocycles. The number of hydrogen-bond donors (Lipinski definition) is 1. The minimum Gasteiger partial charge on any atom is -0.348 e. The van der Waals surface area contributed by atoms with E-state index < -0.39 is 0 Å². The van der Waals surface area contributed by atoms with Crippen molar-refractivity contribution in [2.45, 2.75) is 20.4 Å². The van der Waals surface area contributed by atoms with Gasteiger partial charge in [-0.15, -0.1) is 0 Å². The molecule has 0 atom stereocenters. The van der Waals surface area contributed by atoms with Crippen molar-refractivity contribution >= 4 is 18.0 Å². The third-order valence-electron chi connectivity index (χ3n) is 4.13. The lowest BCUT2D eigenvalue weighted by Gasteiger charge is -2.11. The number of nitrogens with one attached hydrogen (secondary N) is 1. The molecule has 1 aromatic carbocycles. The lowest BCUT2D eigenvalue weighted by molar-refractivity contribution is -0.123. The van der Waals surface area contributed by atoms with Crippen LogP contribution in [0.1, 0.15) is 22.5 Å². The molecule has 3 rings (SSSR count). The molecule has 0 radical (unpaired) electrons. The number of benzene rings is 1. The fourth-order valence-electron chi connectivity index (χ4n) is 2.52. The number of carbonyl (C=O) groups is 2. The first-order chi connectivity index (χ1) is 11.0. The van der Waals surface area contributed by atoms with Crippen LogP contribution in [0.25, 0.3) is 6.08 Å². The van der Waals surface area contributed by atoms with Gasteiger partial charge in [-0.05, 0) is 37.6 Å². The molecule has 0 unspecified atom stereocenters. The summed E-state index contributed by atoms with van der Waals surface area (Å²) in [6.45, 7) is 4.26. The molecule has 1 aliphatic rings. The zero-order chi connectivity index (χ0) is 16.6. The van der Waals surface area contributed by atoms with Gasteiger partial charge in [0.1, 0.15) is 5.70 Å². The molecule has 3 amide bonds. The summed E-state index contributed by atoms with van der Waals surface area (Å²) in [4.78, 5) is 25.8. The van der Waals surface area contributed by atoms with Crippen LogP contribution in [0.15, 0.2) is 42.1 Å². The standard InChI is InChI=1S/C18H19N3O2/c1-12-4-7-14(8-5-12)11-21-17(22)16(19-18(21)23)10-15-9-6-13(2)20(15)3/h4-10H,11H2,1-3H3,(H,19,23)/b16-10-. The molecule has 2 aromatic rings. The summed E-state index contributed by atoms with van der Waals surface area (Å²) < 4.78 is 1.97. The summed E-state index contributed by atoms with van der Waals surface area (Å²) in [6.07, 6.45) is 1.71. The van der Waals surface area contributed by atoms with E-state index in [1.165, 1.54) is 4.90 Å². The van der Waals surface area contributed by atoms with Crippen LogP contribution in [0.3, 0.4) is 0 Å². The molecule has 1 fully saturated rings. The second-order valence-electron chi connectivity index (χ2n) is 5.82. The number of hydrogen-bond acceptors (Lipinski definition) is 2. The van der Waals surface area contributed by atoms with E-state index in [1.54, 1.807) is 6.08 Å². The predicted molar refractivity (Wildman–Crippen MR) is 88.4 cm³/mol. The Morgan fingerprint density at radius 1 is 1.04 bits per heavy atom. The molecule has 1 saturated heterocycles. The SMILES string of the molecule is Cc1ccc(CN2C(=O)N/C(=C\c3ccc(C)n3C)C2=O)cc1. The summed E-state index contributed by atoms with van der Waals surface area (Å²) in [6, 6.07) is 11.3. The number of rotatable bonds is 3. The van der Waals surface area contributed by atoms with Crippen molar-refractivity contribution in [1.82, 2.24) is 14.8 Å². The molecule has 5 nitrogen and oxygen atoms in total. The average molecular weight is 309 g/mol. The maximum atomic E-state index is 12.5. The fourth-order valence-corrected chi connectivity index (χ4v) is 2.52. The molecule has 1 N–H and O–H groups in total. The van der Waals surface area contributed by atoms with Crippen LogP contribution >= 0.6 is 0 Å². The number of carbonyl (C=O) groups excluding carboxylic acids is 2. The van der Waals surface area contributed by atoms with Gasteiger partial charge < -0.3 is 9.88 Å². The molecule has 118 valence electrons. The Kier molecular flexibility index (Phi) is 3.78. The molecule has 5 heteroatoms. The quantitative estimate of drug-likeness (QED) is 0.700. The molecular weight excluding hydrogens is 290 g/mol. The first-order valence-electron chi connectivity index (χ1n) is 7.48. The summed E-state index contributed by atoms with van der Waals surface area (Å²) in [5, 5.41) is 2.66. The van der Waals surface area contributed by atoms with Crippen LogP contribution in [0, 0.1) is 13.8 Å². The summed E-state index contributed by atoms with van der Waals surface area (Å²) in [7, 11) is 1.92. The topological polar surface area (TPSA) is 54.3 Å². The Hall–Kier alpha value is -2.82. The lowest BCUT2D eigenvalue weighted by Crippen LogP contribution is -2.30. The number of imide groups is 1. The van der Waals surface area contributed by atoms with Gasteiger partial charge in [0.25, 0.3) is 5.91 Å². The first-order valence-corrected chi connectivity index (χ1v) is 7.48. The Labute approximate surface area is 135 Å². The van der Waals surface area contributed by atoms with Crippen molar-refractivity contribution < 1.29 is 9.59 Å². The van der Waals surface area contributed by atoms with Gasteiger partial charge in [0, 0.05) is 18.4 Å². The zero-order valence-electron chi connectivity index (χ0n) is 13.5. The smallest absolute Gasteiger partial charge is 0.329 e. The second-order valence-corrected chi connectivity index (χ2v) is 5.82. The van der Waals surface area contributed by atoms with Gasteiger partial charge in [-0.3, -0.25) is 9.69 Å². The van der Waals surface area contributed by atoms with Gasteiger partial charge >= 0.3 is 6.03 Å². The van der Waals surface area contributed by atoms with Gasteiger partial charge in [-0.2, -0.15) is 0 Å². The molecule has 23 heavy (non-hydrogen) atoms. The highest BCUT2D eigenvalue weighted by molar-refractivity contribution is 6.13. The van der Waals surface area contributed by atoms with Gasteiger partial charge in [-0.1, -0.05) is 29.8 Å². The Morgan fingerprint density at radius 2 is 1.74 bits per heavy atom. The van der Waals surface area contributed by atoms with Crippen molar-refractivity contribution in [3.8, 4) is 0 Å². The van der Waals surface area contributed by atoms with Crippen molar-refractivity contribution in [1.29, 1.82) is 0 Å². The first kappa shape index (κ1) is 15.1. The summed E-state index contributed by atoms with van der Waals surface area (Å²) in [5.74, 6) is -0.297. The van der Waals surface area contributed by atoms with E-state index in [9.17, 15) is 9.59 Å². The third kappa shape index (κ3) is 2.90. The van der Waals surface area contributed by atoms with E-state index in [-0.39, 0.29) is 18.5 Å². The maximum absolute atomic E-state index is 12.5. The minimum atomic E-state index is -0.382. The van der Waals surface area contributed by atoms with Gasteiger partial charge in [0.15, 0.2) is 0 Å². The van der Waals surface area contributed by atoms with Crippen molar-refractivity contribution in [3.63, 3.8) is 0 Å². The maximum Gasteiger partial charge on any atom is 0.329 e. The van der Waals surface area contributed by atoms with Crippen molar-refractivity contribution in [2.24, 2.45) is 7.05 Å². The average Bonchev–Trinajstić information content (AvgIpc) is 2.97. The van der Waals surface area contributed by atoms with Crippen LogP contribution < -0.4 is 5.32 Å². The molecule has 0 bridgehead atoms. The van der Waals surface area contributed by atoms with E-state index in [2.05, 4.69) is 5.32 Å². The molecule has 0 aliphatic carbocycles. The van der Waals surface area contributed by atoms with Crippen LogP contribution in [0.4, 0.5) is 4.79 Å². The third-order valence-corrected chi connectivity index (χ3v) is 4.13. The van der Waals surface area contributed by atoms with Crippen LogP contribution in [0.2, 0.25) is 0 Å². The highest BCUT2D eigenvalue weighted by atomic mass is 16.2. The zero-order valence-corrected chi connectivity index (χ0v) is 13.5. The Bertz CT molecular complexity index is 800. The highest BCUT2D eigenvalue weighted by Gasteiger charge is 2.33. The second kappa shape index (κ2) is 5.76. The Morgan fingerprint density at radius 3 is 2.35 bits per heavy atom. The molecule has 1 aromatic heterocycles. The fraction of sp³-hybridized carbons (Fsp3) is 0.222. The van der Waals surface area contributed by atoms with Gasteiger partial charge in [-0.25, -0.2) is 4.79 Å². The van der Waals surface area contributed by atoms with Gasteiger partial charge in [0.05, 0.1) is 6.54 Å². The van der Waals surface area contributed by atoms with Crippen molar-refractivity contribution in [2.75, 3.05) is 0 Å². The monoisotopic (exact) mass is 309 g/mol. The number of amides is 3. The largest absolute Gasteiger partial charge is 0.348 e. The van der Waals surface area contributed by atoms with Crippen molar-refractivity contribution in [3.05, 3.63) is 64.6 Å². The van der Waals surface area contributed by atoms with E-state index in [4.69, 9.17) is 0 Å². The highest BCUT2D eigenvalue weighted by Crippen LogP contribution is 2.18. The molecule has 1 aliphatic heterocycles. The van der Waals surface area contributed by atoms with Gasteiger partial charge in [0.2, 0.25) is 0 Å². The lowest BCUT2D eigenvalue weighted by atomic mass is 10.1. The van der Waals surface area contributed by atoms with Crippen LogP contribution in [-0.2, 0) is 18.4 Å². The number of nitrogens with zero attached hydrogens (tertiary/aromatic N) is 2. The predicted octanol–water partition coefficient (Wildman–Crippen LogP) is 2.73. The number of aromatic nitrogens is 1. The normalized spacial score (nSPS) is 16.3. The Balaban J connectivity index is 1.82. The van der Waals surface area contributed by atoms with Crippen LogP contribution in [0.5, 0.6) is 0 Å². The number of urea groups is 1. The van der Waals surface area contributed by atoms with E-state index in [0.717, 1.165) is 22.5 Å². The van der Waals surface area contributed by atoms with Crippen LogP contribution in [-0.4, -0.2) is 21.4 Å². The summed E-state index contributed by atoms with van der Waals surface area (Å²) >= 11 is 0. The van der Waals surface area contributed by atoms with E-state index >= 15 is 0 Å². The van der Waals surface area contributed by atoms with E-state index in [0.29, 0.717) is 5.70 Å². The molecular formula is C18H19N3O2. The number of aryl methyl sites for hydroxylation is 2. The summed E-state index contributed by atoms with van der Waals surface area (Å²) in [5.41, 5.74) is 4.34. The van der Waals surface area contributed by atoms with E-state index in [1.807, 2.05) is 61.9 Å². The molecule has 0 spiro atoms. The molecule has 2 heterocycles.